The van der Waals surface area contributed by atoms with Crippen LogP contribution in [0.15, 0.2) is 0 Å². The lowest BCUT2D eigenvalue weighted by Crippen LogP contribution is -2.52. The minimum atomic E-state index is 0.108. The fraction of sp³-hybridized carbons (Fsp3) is 1.00. The van der Waals surface area contributed by atoms with Crippen molar-refractivity contribution in [1.29, 1.82) is 0 Å². The third-order valence-corrected chi connectivity index (χ3v) is 4.80. The first-order valence-electron chi connectivity index (χ1n) is 6.44. The largest absolute Gasteiger partial charge is 0.377 e. The fourth-order valence-corrected chi connectivity index (χ4v) is 3.27. The lowest BCUT2D eigenvalue weighted by molar-refractivity contribution is -0.148. The average Bonchev–Trinajstić information content (AvgIpc) is 2.23. The van der Waals surface area contributed by atoms with E-state index in [1.54, 1.807) is 7.11 Å². The molecule has 2 saturated carbocycles. The SMILES string of the molecule is COC1C(Cl)CC1OC1CCC(C)C(C)C1. The van der Waals surface area contributed by atoms with Gasteiger partial charge in [0.05, 0.1) is 23.7 Å². The number of ether oxygens (including phenoxy) is 2. The van der Waals surface area contributed by atoms with Gasteiger partial charge in [-0.15, -0.1) is 11.6 Å². The molecule has 16 heavy (non-hydrogen) atoms. The van der Waals surface area contributed by atoms with Gasteiger partial charge in [0.1, 0.15) is 0 Å². The number of hydrogen-bond acceptors (Lipinski definition) is 2. The van der Waals surface area contributed by atoms with Crippen LogP contribution in [0.1, 0.15) is 39.5 Å². The molecule has 0 amide bonds. The van der Waals surface area contributed by atoms with Crippen molar-refractivity contribution < 1.29 is 9.47 Å². The van der Waals surface area contributed by atoms with Gasteiger partial charge in [-0.3, -0.25) is 0 Å². The van der Waals surface area contributed by atoms with E-state index in [0.717, 1.165) is 18.3 Å². The van der Waals surface area contributed by atoms with Gasteiger partial charge in [-0.1, -0.05) is 13.8 Å². The smallest absolute Gasteiger partial charge is 0.0997 e. The van der Waals surface area contributed by atoms with Gasteiger partial charge in [-0.25, -0.2) is 0 Å². The maximum atomic E-state index is 6.11. The van der Waals surface area contributed by atoms with Gasteiger partial charge in [0.15, 0.2) is 0 Å². The van der Waals surface area contributed by atoms with E-state index in [2.05, 4.69) is 13.8 Å². The standard InChI is InChI=1S/C13H23ClO2/c1-8-4-5-10(6-9(8)2)16-12-7-11(14)13(12)15-3/h8-13H,4-7H2,1-3H3. The normalized spacial score (nSPS) is 48.8. The molecule has 0 radical (unpaired) electrons. The van der Waals surface area contributed by atoms with Crippen LogP contribution in [-0.4, -0.2) is 30.8 Å². The number of alkyl halides is 1. The molecule has 6 unspecified atom stereocenters. The Morgan fingerprint density at radius 1 is 1.06 bits per heavy atom. The summed E-state index contributed by atoms with van der Waals surface area (Å²) in [5.41, 5.74) is 0. The molecule has 2 fully saturated rings. The predicted molar refractivity (Wildman–Crippen MR) is 65.9 cm³/mol. The Morgan fingerprint density at radius 3 is 2.38 bits per heavy atom. The second kappa shape index (κ2) is 5.24. The van der Waals surface area contributed by atoms with Crippen molar-refractivity contribution in [2.75, 3.05) is 7.11 Å². The molecule has 3 heteroatoms. The van der Waals surface area contributed by atoms with Crippen molar-refractivity contribution in [1.82, 2.24) is 0 Å². The van der Waals surface area contributed by atoms with Gasteiger partial charge in [0.25, 0.3) is 0 Å². The summed E-state index contributed by atoms with van der Waals surface area (Å²) in [7, 11) is 1.72. The van der Waals surface area contributed by atoms with Crippen molar-refractivity contribution in [3.05, 3.63) is 0 Å². The molecule has 2 rings (SSSR count). The molecular weight excluding hydrogens is 224 g/mol. The van der Waals surface area contributed by atoms with Gasteiger partial charge in [0, 0.05) is 7.11 Å². The molecule has 2 aliphatic rings. The van der Waals surface area contributed by atoms with Gasteiger partial charge >= 0.3 is 0 Å². The Morgan fingerprint density at radius 2 is 1.81 bits per heavy atom. The van der Waals surface area contributed by atoms with Crippen LogP contribution in [-0.2, 0) is 9.47 Å². The van der Waals surface area contributed by atoms with Crippen molar-refractivity contribution in [3.63, 3.8) is 0 Å². The number of methoxy groups -OCH3 is 1. The van der Waals surface area contributed by atoms with E-state index in [-0.39, 0.29) is 17.6 Å². The quantitative estimate of drug-likeness (QED) is 0.712. The highest BCUT2D eigenvalue weighted by Crippen LogP contribution is 2.37. The Kier molecular flexibility index (Phi) is 4.15. The van der Waals surface area contributed by atoms with Crippen LogP contribution in [0.25, 0.3) is 0 Å². The second-order valence-corrected chi connectivity index (χ2v) is 6.08. The summed E-state index contributed by atoms with van der Waals surface area (Å²) in [6, 6.07) is 0. The first-order chi connectivity index (χ1) is 7.61. The van der Waals surface area contributed by atoms with E-state index in [0.29, 0.717) is 6.10 Å². The number of hydrogen-bond donors (Lipinski definition) is 0. The number of halogens is 1. The molecule has 2 aliphatic carbocycles. The third kappa shape index (κ3) is 2.55. The predicted octanol–water partition coefficient (Wildman–Crippen LogP) is 3.22. The molecule has 0 bridgehead atoms. The molecule has 0 spiro atoms. The second-order valence-electron chi connectivity index (χ2n) is 5.52. The molecule has 0 aromatic heterocycles. The monoisotopic (exact) mass is 246 g/mol. The molecule has 2 nitrogen and oxygen atoms in total. The van der Waals surface area contributed by atoms with Crippen molar-refractivity contribution in [2.45, 2.75) is 63.2 Å². The van der Waals surface area contributed by atoms with Crippen molar-refractivity contribution in [2.24, 2.45) is 11.8 Å². The van der Waals surface area contributed by atoms with Gasteiger partial charge < -0.3 is 9.47 Å². The summed E-state index contributed by atoms with van der Waals surface area (Å²) in [4.78, 5) is 0. The highest BCUT2D eigenvalue weighted by Gasteiger charge is 2.42. The maximum Gasteiger partial charge on any atom is 0.0997 e. The Balaban J connectivity index is 1.78. The van der Waals surface area contributed by atoms with Crippen LogP contribution in [0.5, 0.6) is 0 Å². The van der Waals surface area contributed by atoms with Crippen molar-refractivity contribution in [3.8, 4) is 0 Å². The first-order valence-corrected chi connectivity index (χ1v) is 6.87. The topological polar surface area (TPSA) is 18.5 Å². The van der Waals surface area contributed by atoms with Crippen LogP contribution in [0.4, 0.5) is 0 Å². The lowest BCUT2D eigenvalue weighted by atomic mass is 9.80. The molecule has 0 aromatic carbocycles. The third-order valence-electron chi connectivity index (χ3n) is 4.37. The molecule has 0 saturated heterocycles. The highest BCUT2D eigenvalue weighted by molar-refractivity contribution is 6.21. The Hall–Kier alpha value is 0.210. The summed E-state index contributed by atoms with van der Waals surface area (Å²) >= 11 is 6.07. The molecule has 0 aromatic rings. The summed E-state index contributed by atoms with van der Waals surface area (Å²) in [5.74, 6) is 1.63. The van der Waals surface area contributed by atoms with Crippen LogP contribution in [0, 0.1) is 11.8 Å². The van der Waals surface area contributed by atoms with Crippen LogP contribution in [0.2, 0.25) is 0 Å². The van der Waals surface area contributed by atoms with Crippen molar-refractivity contribution >= 4 is 11.6 Å². The zero-order valence-electron chi connectivity index (χ0n) is 10.5. The van der Waals surface area contributed by atoms with E-state index >= 15 is 0 Å². The summed E-state index contributed by atoms with van der Waals surface area (Å²) in [6.07, 6.45) is 5.40. The molecular formula is C13H23ClO2. The maximum absolute atomic E-state index is 6.11. The van der Waals surface area contributed by atoms with Gasteiger partial charge in [-0.2, -0.15) is 0 Å². The van der Waals surface area contributed by atoms with Crippen LogP contribution >= 0.6 is 11.6 Å². The molecule has 94 valence electrons. The minimum Gasteiger partial charge on any atom is -0.377 e. The lowest BCUT2D eigenvalue weighted by Gasteiger charge is -2.43. The van der Waals surface area contributed by atoms with E-state index in [1.807, 2.05) is 0 Å². The van der Waals surface area contributed by atoms with Gasteiger partial charge in [-0.05, 0) is 37.5 Å². The highest BCUT2D eigenvalue weighted by atomic mass is 35.5. The molecule has 0 heterocycles. The van der Waals surface area contributed by atoms with E-state index in [1.165, 1.54) is 19.3 Å². The van der Waals surface area contributed by atoms with Gasteiger partial charge in [0.2, 0.25) is 0 Å². The first kappa shape index (κ1) is 12.7. The minimum absolute atomic E-state index is 0.108. The zero-order chi connectivity index (χ0) is 11.7. The summed E-state index contributed by atoms with van der Waals surface area (Å²) < 4.78 is 11.5. The fourth-order valence-electron chi connectivity index (χ4n) is 2.83. The molecule has 0 N–H and O–H groups in total. The summed E-state index contributed by atoms with van der Waals surface area (Å²) in [5, 5.41) is 0.148. The van der Waals surface area contributed by atoms with Crippen LogP contribution in [0.3, 0.4) is 0 Å². The summed E-state index contributed by atoms with van der Waals surface area (Å²) in [6.45, 7) is 4.68. The molecule has 6 atom stereocenters. The van der Waals surface area contributed by atoms with E-state index in [4.69, 9.17) is 21.1 Å². The van der Waals surface area contributed by atoms with E-state index in [9.17, 15) is 0 Å². The van der Waals surface area contributed by atoms with Crippen LogP contribution < -0.4 is 0 Å². The van der Waals surface area contributed by atoms with E-state index < -0.39 is 0 Å². The number of rotatable bonds is 3. The molecule has 0 aliphatic heterocycles. The zero-order valence-corrected chi connectivity index (χ0v) is 11.2. The Labute approximate surface area is 104 Å². The average molecular weight is 247 g/mol. The Bertz CT molecular complexity index is 234.